The Morgan fingerprint density at radius 1 is 2.00 bits per heavy atom. The van der Waals surface area contributed by atoms with Crippen molar-refractivity contribution < 1.29 is 9.53 Å². The molecule has 0 aliphatic carbocycles. The Balaban J connectivity index is 2.80. The molecule has 0 spiro atoms. The fourth-order valence-corrected chi connectivity index (χ4v) is 0.0950. The highest BCUT2D eigenvalue weighted by Gasteiger charge is 2.12. The van der Waals surface area contributed by atoms with Crippen molar-refractivity contribution in [2.75, 3.05) is 6.61 Å². The lowest BCUT2D eigenvalue weighted by molar-refractivity contribution is 0.505. The summed E-state index contributed by atoms with van der Waals surface area (Å²) in [5, 5.41) is 0. The molecule has 2 nitrogen and oxygen atoms in total. The summed E-state index contributed by atoms with van der Waals surface area (Å²) in [7, 11) is 0. The van der Waals surface area contributed by atoms with Gasteiger partial charge in [0.05, 0.1) is 0 Å². The monoisotopic (exact) mass is 70.0 g/mol. The second-order valence-corrected chi connectivity index (χ2v) is 0.814. The van der Waals surface area contributed by atoms with Crippen LogP contribution in [0.3, 0.4) is 0 Å². The van der Waals surface area contributed by atoms with Gasteiger partial charge in [0, 0.05) is 0 Å². The SMILES string of the molecule is O=C=C1CO1. The molecule has 5 heavy (non-hydrogen) atoms. The topological polar surface area (TPSA) is 29.6 Å². The zero-order valence-electron chi connectivity index (χ0n) is 2.52. The fraction of sp³-hybridized carbons (Fsp3) is 0.333. The summed E-state index contributed by atoms with van der Waals surface area (Å²) in [6.07, 6.45) is 0. The van der Waals surface area contributed by atoms with E-state index in [1.165, 1.54) is 0 Å². The van der Waals surface area contributed by atoms with Gasteiger partial charge in [0.15, 0.2) is 12.5 Å². The first-order valence-corrected chi connectivity index (χ1v) is 1.30. The molecule has 0 saturated carbocycles. The van der Waals surface area contributed by atoms with Crippen LogP contribution in [0.4, 0.5) is 0 Å². The highest BCUT2D eigenvalue weighted by atomic mass is 16.6. The van der Waals surface area contributed by atoms with Gasteiger partial charge >= 0.3 is 0 Å². The molecule has 0 unspecified atom stereocenters. The first kappa shape index (κ1) is 2.49. The number of epoxide rings is 1. The number of carbonyl (C=O) groups excluding carboxylic acids is 1. The Bertz CT molecular complexity index is 83.1. The summed E-state index contributed by atoms with van der Waals surface area (Å²) in [5.74, 6) is 2.03. The highest BCUT2D eigenvalue weighted by molar-refractivity contribution is 5.53. The summed E-state index contributed by atoms with van der Waals surface area (Å²) in [5.41, 5.74) is 0. The van der Waals surface area contributed by atoms with Crippen molar-refractivity contribution >= 4 is 5.94 Å². The van der Waals surface area contributed by atoms with E-state index in [0.717, 1.165) is 0 Å². The molecule has 1 saturated heterocycles. The van der Waals surface area contributed by atoms with E-state index in [-0.39, 0.29) is 0 Å². The molecule has 0 N–H and O–H groups in total. The van der Waals surface area contributed by atoms with Gasteiger partial charge in [-0.2, -0.15) is 0 Å². The molecule has 0 aromatic carbocycles. The minimum absolute atomic E-state index is 0.449. The van der Waals surface area contributed by atoms with E-state index in [0.29, 0.717) is 12.4 Å². The third-order valence-electron chi connectivity index (χ3n) is 0.403. The van der Waals surface area contributed by atoms with Gasteiger partial charge < -0.3 is 4.74 Å². The Morgan fingerprint density at radius 3 is 2.60 bits per heavy atom. The molecule has 0 aromatic heterocycles. The Morgan fingerprint density at radius 2 is 2.60 bits per heavy atom. The average molecular weight is 70.0 g/mol. The maximum atomic E-state index is 9.28. The Kier molecular flexibility index (Phi) is 0.297. The fourth-order valence-electron chi connectivity index (χ4n) is 0.0950. The van der Waals surface area contributed by atoms with Crippen molar-refractivity contribution in [3.8, 4) is 0 Å². The molecule has 1 heterocycles. The van der Waals surface area contributed by atoms with E-state index in [4.69, 9.17) is 0 Å². The minimum Gasteiger partial charge on any atom is -0.475 e. The van der Waals surface area contributed by atoms with Gasteiger partial charge in [0.25, 0.3) is 0 Å². The van der Waals surface area contributed by atoms with Crippen molar-refractivity contribution in [3.63, 3.8) is 0 Å². The number of hydrogen-bond donors (Lipinski definition) is 0. The van der Waals surface area contributed by atoms with E-state index in [1.54, 1.807) is 5.94 Å². The Labute approximate surface area is 29.0 Å². The van der Waals surface area contributed by atoms with E-state index in [1.807, 2.05) is 0 Å². The van der Waals surface area contributed by atoms with E-state index >= 15 is 0 Å². The summed E-state index contributed by atoms with van der Waals surface area (Å²) in [4.78, 5) is 9.28. The molecule has 0 amide bonds. The van der Waals surface area contributed by atoms with Crippen LogP contribution in [0.15, 0.2) is 5.76 Å². The van der Waals surface area contributed by atoms with Gasteiger partial charge in [0.1, 0.15) is 0 Å². The van der Waals surface area contributed by atoms with Crippen LogP contribution in [0, 0.1) is 0 Å². The van der Waals surface area contributed by atoms with Gasteiger partial charge in [-0.3, -0.25) is 0 Å². The molecular formula is C3H2O2. The zero-order chi connectivity index (χ0) is 3.70. The van der Waals surface area contributed by atoms with Crippen LogP contribution in [0.25, 0.3) is 0 Å². The van der Waals surface area contributed by atoms with Crippen LogP contribution in [0.2, 0.25) is 0 Å². The number of rotatable bonds is 0. The molecule has 0 bridgehead atoms. The van der Waals surface area contributed by atoms with Crippen molar-refractivity contribution in [1.29, 1.82) is 0 Å². The lowest BCUT2D eigenvalue weighted by Gasteiger charge is -1.37. The second kappa shape index (κ2) is 0.597. The van der Waals surface area contributed by atoms with Crippen molar-refractivity contribution in [2.45, 2.75) is 0 Å². The van der Waals surface area contributed by atoms with Crippen molar-refractivity contribution in [3.05, 3.63) is 5.76 Å². The molecule has 0 atom stereocenters. The predicted molar refractivity (Wildman–Crippen MR) is 15.2 cm³/mol. The van der Waals surface area contributed by atoms with Crippen LogP contribution >= 0.6 is 0 Å². The van der Waals surface area contributed by atoms with E-state index < -0.39 is 0 Å². The smallest absolute Gasteiger partial charge is 0.218 e. The Hall–Kier alpha value is -0.750. The second-order valence-electron chi connectivity index (χ2n) is 0.814. The first-order chi connectivity index (χ1) is 2.43. The molecule has 2 heteroatoms. The number of hydrogen-bond acceptors (Lipinski definition) is 2. The third kappa shape index (κ3) is 0.281. The quantitative estimate of drug-likeness (QED) is 0.290. The molecule has 1 rings (SSSR count). The average Bonchev–Trinajstić information content (AvgIpc) is 2.12. The van der Waals surface area contributed by atoms with Gasteiger partial charge in [-0.15, -0.1) is 0 Å². The van der Waals surface area contributed by atoms with Gasteiger partial charge in [-0.25, -0.2) is 4.79 Å². The summed E-state index contributed by atoms with van der Waals surface area (Å²) in [6, 6.07) is 0. The number of ether oxygens (including phenoxy) is 1. The summed E-state index contributed by atoms with van der Waals surface area (Å²) in [6.45, 7) is 0.503. The molecule has 26 valence electrons. The van der Waals surface area contributed by atoms with Crippen molar-refractivity contribution in [1.82, 2.24) is 0 Å². The minimum atomic E-state index is 0.449. The van der Waals surface area contributed by atoms with E-state index in [9.17, 15) is 4.79 Å². The molecule has 1 aliphatic heterocycles. The zero-order valence-corrected chi connectivity index (χ0v) is 2.52. The highest BCUT2D eigenvalue weighted by Crippen LogP contribution is 2.06. The van der Waals surface area contributed by atoms with E-state index in [2.05, 4.69) is 4.74 Å². The van der Waals surface area contributed by atoms with Crippen molar-refractivity contribution in [2.24, 2.45) is 0 Å². The van der Waals surface area contributed by atoms with Gasteiger partial charge in [-0.1, -0.05) is 0 Å². The summed E-state index contributed by atoms with van der Waals surface area (Å²) < 4.78 is 4.35. The molecule has 0 aromatic rings. The first-order valence-electron chi connectivity index (χ1n) is 1.30. The molecule has 1 aliphatic rings. The maximum absolute atomic E-state index is 9.28. The lowest BCUT2D eigenvalue weighted by Crippen LogP contribution is -1.41. The predicted octanol–water partition coefficient (Wildman–Crippen LogP) is -0.268. The third-order valence-corrected chi connectivity index (χ3v) is 0.403. The molecule has 1 fully saturated rings. The van der Waals surface area contributed by atoms with Crippen LogP contribution < -0.4 is 0 Å². The molecular weight excluding hydrogens is 68.0 g/mol. The van der Waals surface area contributed by atoms with Crippen LogP contribution in [0.1, 0.15) is 0 Å². The normalized spacial score (nSPS) is 16.4. The van der Waals surface area contributed by atoms with Gasteiger partial charge in [0.2, 0.25) is 5.76 Å². The van der Waals surface area contributed by atoms with Crippen LogP contribution in [-0.2, 0) is 9.53 Å². The van der Waals surface area contributed by atoms with Crippen LogP contribution in [-0.4, -0.2) is 12.5 Å². The van der Waals surface area contributed by atoms with Crippen LogP contribution in [0.5, 0.6) is 0 Å². The summed E-state index contributed by atoms with van der Waals surface area (Å²) >= 11 is 0. The largest absolute Gasteiger partial charge is 0.475 e. The standard InChI is InChI=1S/C3H2O2/c4-1-3-2-5-3/h2H2. The lowest BCUT2D eigenvalue weighted by atomic mass is 10.8. The van der Waals surface area contributed by atoms with Gasteiger partial charge in [-0.05, 0) is 0 Å². The molecule has 0 radical (unpaired) electrons. The maximum Gasteiger partial charge on any atom is 0.218 e.